The van der Waals surface area contributed by atoms with E-state index in [0.717, 1.165) is 11.6 Å². The topological polar surface area (TPSA) is 110 Å². The van der Waals surface area contributed by atoms with Gasteiger partial charge in [-0.15, -0.1) is 0 Å². The third kappa shape index (κ3) is 4.63. The van der Waals surface area contributed by atoms with Crippen LogP contribution in [0.25, 0.3) is 0 Å². The molecule has 0 radical (unpaired) electrons. The third-order valence-electron chi connectivity index (χ3n) is 5.28. The third-order valence-corrected chi connectivity index (χ3v) is 7.56. The number of amides is 1. The molecule has 1 aliphatic rings. The molecule has 30 heavy (non-hydrogen) atoms. The predicted octanol–water partition coefficient (Wildman–Crippen LogP) is 3.90. The highest BCUT2D eigenvalue weighted by atomic mass is 35.5. The number of benzene rings is 2. The molecule has 1 aliphatic heterocycles. The number of aryl methyl sites for hydroxylation is 2. The molecule has 3 rings (SSSR count). The first-order chi connectivity index (χ1) is 14.1. The Morgan fingerprint density at radius 1 is 1.13 bits per heavy atom. The van der Waals surface area contributed by atoms with Crippen molar-refractivity contribution in [1.82, 2.24) is 4.31 Å². The summed E-state index contributed by atoms with van der Waals surface area (Å²) < 4.78 is 27.3. The largest absolute Gasteiger partial charge is 0.326 e. The number of non-ortho nitro benzene ring substituents is 1. The molecular formula is C20H22ClN3O5S. The Balaban J connectivity index is 1.70. The quantitative estimate of drug-likeness (QED) is 0.547. The Labute approximate surface area is 180 Å². The average molecular weight is 452 g/mol. The lowest BCUT2D eigenvalue weighted by atomic mass is 9.97. The molecule has 1 fully saturated rings. The van der Waals surface area contributed by atoms with E-state index in [2.05, 4.69) is 5.32 Å². The van der Waals surface area contributed by atoms with Crippen LogP contribution < -0.4 is 5.32 Å². The monoisotopic (exact) mass is 451 g/mol. The summed E-state index contributed by atoms with van der Waals surface area (Å²) in [5.74, 6) is -0.509. The molecule has 2 aromatic carbocycles. The van der Waals surface area contributed by atoms with E-state index >= 15 is 0 Å². The van der Waals surface area contributed by atoms with Crippen LogP contribution in [0.15, 0.2) is 41.3 Å². The number of carbonyl (C=O) groups is 1. The summed E-state index contributed by atoms with van der Waals surface area (Å²) in [4.78, 5) is 23.0. The zero-order chi connectivity index (χ0) is 22.1. The molecule has 1 heterocycles. The average Bonchev–Trinajstić information content (AvgIpc) is 2.70. The van der Waals surface area contributed by atoms with Crippen LogP contribution >= 0.6 is 11.6 Å². The van der Waals surface area contributed by atoms with Crippen molar-refractivity contribution >= 4 is 38.9 Å². The van der Waals surface area contributed by atoms with Gasteiger partial charge in [0.25, 0.3) is 5.69 Å². The summed E-state index contributed by atoms with van der Waals surface area (Å²) >= 11 is 5.99. The van der Waals surface area contributed by atoms with Gasteiger partial charge in [-0.25, -0.2) is 8.42 Å². The highest BCUT2D eigenvalue weighted by molar-refractivity contribution is 7.89. The van der Waals surface area contributed by atoms with Gasteiger partial charge in [0.05, 0.1) is 9.82 Å². The number of sulfonamides is 1. The van der Waals surface area contributed by atoms with Crippen molar-refractivity contribution in [3.05, 3.63) is 62.7 Å². The molecule has 160 valence electrons. The summed E-state index contributed by atoms with van der Waals surface area (Å²) in [5.41, 5.74) is 1.69. The highest BCUT2D eigenvalue weighted by Gasteiger charge is 2.33. The van der Waals surface area contributed by atoms with E-state index in [1.165, 1.54) is 16.4 Å². The number of halogens is 1. The van der Waals surface area contributed by atoms with E-state index in [4.69, 9.17) is 11.6 Å². The molecule has 2 aromatic rings. The van der Waals surface area contributed by atoms with E-state index in [1.807, 2.05) is 13.0 Å². The predicted molar refractivity (Wildman–Crippen MR) is 114 cm³/mol. The van der Waals surface area contributed by atoms with Gasteiger partial charge in [-0.3, -0.25) is 14.9 Å². The molecule has 8 nitrogen and oxygen atoms in total. The van der Waals surface area contributed by atoms with Gasteiger partial charge in [0.15, 0.2) is 0 Å². The summed E-state index contributed by atoms with van der Waals surface area (Å²) in [6.45, 7) is 3.79. The van der Waals surface area contributed by atoms with Gasteiger partial charge in [-0.1, -0.05) is 23.7 Å². The number of piperidine rings is 1. The second kappa shape index (κ2) is 8.71. The number of anilines is 1. The maximum Gasteiger partial charge on any atom is 0.270 e. The van der Waals surface area contributed by atoms with Crippen molar-refractivity contribution < 1.29 is 18.1 Å². The normalized spacial score (nSPS) is 15.7. The molecule has 0 bridgehead atoms. The van der Waals surface area contributed by atoms with Crippen LogP contribution in [0.3, 0.4) is 0 Å². The van der Waals surface area contributed by atoms with Crippen molar-refractivity contribution in [3.8, 4) is 0 Å². The maximum absolute atomic E-state index is 13.0. The number of rotatable bonds is 5. The zero-order valence-electron chi connectivity index (χ0n) is 16.6. The van der Waals surface area contributed by atoms with Gasteiger partial charge < -0.3 is 5.32 Å². The number of hydrogen-bond donors (Lipinski definition) is 1. The summed E-state index contributed by atoms with van der Waals surface area (Å²) in [6, 6.07) is 9.03. The summed E-state index contributed by atoms with van der Waals surface area (Å²) in [5, 5.41) is 14.4. The van der Waals surface area contributed by atoms with Crippen molar-refractivity contribution in [2.24, 2.45) is 5.92 Å². The smallest absolute Gasteiger partial charge is 0.270 e. The Morgan fingerprint density at radius 2 is 1.77 bits per heavy atom. The number of nitro groups is 1. The van der Waals surface area contributed by atoms with Crippen molar-refractivity contribution in [3.63, 3.8) is 0 Å². The van der Waals surface area contributed by atoms with E-state index in [1.54, 1.807) is 19.1 Å². The Morgan fingerprint density at radius 3 is 2.40 bits per heavy atom. The van der Waals surface area contributed by atoms with Crippen LogP contribution in [0.1, 0.15) is 24.0 Å². The molecule has 1 N–H and O–H groups in total. The standard InChI is InChI=1S/C20H22ClN3O5S/c1-13-3-5-16(21)11-18(13)22-20(25)15-7-9-23(10-8-15)30(28,29)19-12-17(24(26)27)6-4-14(19)2/h3-6,11-12,15H,7-10H2,1-2H3,(H,22,25). The van der Waals surface area contributed by atoms with Gasteiger partial charge in [0.2, 0.25) is 15.9 Å². The lowest BCUT2D eigenvalue weighted by Crippen LogP contribution is -2.41. The molecule has 10 heteroatoms. The maximum atomic E-state index is 13.0. The van der Waals surface area contributed by atoms with Crippen molar-refractivity contribution in [2.45, 2.75) is 31.6 Å². The van der Waals surface area contributed by atoms with Gasteiger partial charge in [0.1, 0.15) is 0 Å². The SMILES string of the molecule is Cc1ccc(Cl)cc1NC(=O)C1CCN(S(=O)(=O)c2cc([N+](=O)[O-])ccc2C)CC1. The van der Waals surface area contributed by atoms with Gasteiger partial charge in [-0.2, -0.15) is 4.31 Å². The van der Waals surface area contributed by atoms with E-state index in [9.17, 15) is 23.3 Å². The first-order valence-electron chi connectivity index (χ1n) is 9.42. The Bertz CT molecular complexity index is 1100. The van der Waals surface area contributed by atoms with Gasteiger partial charge in [0, 0.05) is 41.9 Å². The number of nitrogens with zero attached hydrogens (tertiary/aromatic N) is 2. The first kappa shape index (κ1) is 22.2. The minimum absolute atomic E-state index is 0.0749. The minimum atomic E-state index is -3.89. The molecule has 0 atom stereocenters. The lowest BCUT2D eigenvalue weighted by Gasteiger charge is -2.31. The second-order valence-corrected chi connectivity index (χ2v) is 9.68. The number of carbonyl (C=O) groups excluding carboxylic acids is 1. The molecule has 0 aromatic heterocycles. The molecule has 0 spiro atoms. The number of nitrogens with one attached hydrogen (secondary N) is 1. The molecule has 1 amide bonds. The van der Waals surface area contributed by atoms with Crippen LogP contribution in [0.4, 0.5) is 11.4 Å². The fourth-order valence-electron chi connectivity index (χ4n) is 3.44. The molecule has 0 saturated carbocycles. The van der Waals surface area contributed by atoms with Crippen LogP contribution in [-0.4, -0.2) is 36.6 Å². The minimum Gasteiger partial charge on any atom is -0.326 e. The fourth-order valence-corrected chi connectivity index (χ4v) is 5.33. The van der Waals surface area contributed by atoms with E-state index in [-0.39, 0.29) is 35.5 Å². The lowest BCUT2D eigenvalue weighted by molar-refractivity contribution is -0.385. The van der Waals surface area contributed by atoms with Gasteiger partial charge in [-0.05, 0) is 49.9 Å². The van der Waals surface area contributed by atoms with Crippen molar-refractivity contribution in [2.75, 3.05) is 18.4 Å². The number of hydrogen-bond acceptors (Lipinski definition) is 5. The van der Waals surface area contributed by atoms with Crippen LogP contribution in [0, 0.1) is 29.9 Å². The first-order valence-corrected chi connectivity index (χ1v) is 11.2. The van der Waals surface area contributed by atoms with Gasteiger partial charge >= 0.3 is 0 Å². The van der Waals surface area contributed by atoms with Crippen molar-refractivity contribution in [1.29, 1.82) is 0 Å². The zero-order valence-corrected chi connectivity index (χ0v) is 18.2. The Hall–Kier alpha value is -2.49. The summed E-state index contributed by atoms with van der Waals surface area (Å²) in [6.07, 6.45) is 0.720. The molecule has 0 unspecified atom stereocenters. The Kier molecular flexibility index (Phi) is 6.44. The van der Waals surface area contributed by atoms with Crippen LogP contribution in [0.2, 0.25) is 5.02 Å². The van der Waals surface area contributed by atoms with Crippen LogP contribution in [-0.2, 0) is 14.8 Å². The molecule has 1 saturated heterocycles. The summed E-state index contributed by atoms with van der Waals surface area (Å²) in [7, 11) is -3.89. The molecule has 0 aliphatic carbocycles. The molecular weight excluding hydrogens is 430 g/mol. The second-order valence-electron chi connectivity index (χ2n) is 7.33. The van der Waals surface area contributed by atoms with E-state index < -0.39 is 14.9 Å². The highest BCUT2D eigenvalue weighted by Crippen LogP contribution is 2.29. The fraction of sp³-hybridized carbons (Fsp3) is 0.350. The number of nitro benzene ring substituents is 1. The van der Waals surface area contributed by atoms with E-state index in [0.29, 0.717) is 29.1 Å². The van der Waals surface area contributed by atoms with Crippen LogP contribution in [0.5, 0.6) is 0 Å².